The molecule has 5 heteroatoms. The van der Waals surface area contributed by atoms with Crippen molar-refractivity contribution in [2.75, 3.05) is 39.3 Å². The molecule has 0 bridgehead atoms. The highest BCUT2D eigenvalue weighted by Crippen LogP contribution is 2.39. The maximum Gasteiger partial charge on any atom is 0.247 e. The van der Waals surface area contributed by atoms with Crippen LogP contribution in [-0.4, -0.2) is 45.2 Å². The average molecular weight is 353 g/mol. The Hall–Kier alpha value is -0.910. The molecule has 0 spiro atoms. The maximum atomic E-state index is 12.5. The van der Waals surface area contributed by atoms with Gasteiger partial charge in [-0.3, -0.25) is 4.79 Å². The minimum atomic E-state index is 0.0167. The normalized spacial score (nSPS) is 17.0. The van der Waals surface area contributed by atoms with Gasteiger partial charge in [0.1, 0.15) is 0 Å². The van der Waals surface area contributed by atoms with Gasteiger partial charge in [0.2, 0.25) is 5.91 Å². The minimum absolute atomic E-state index is 0.0167. The van der Waals surface area contributed by atoms with Gasteiger partial charge >= 0.3 is 0 Å². The third-order valence-corrected chi connectivity index (χ3v) is 5.01. The molecule has 1 aliphatic rings. The van der Waals surface area contributed by atoms with Crippen molar-refractivity contribution >= 4 is 5.91 Å². The number of hydrogen-bond donors (Lipinski definition) is 4. The Balaban J connectivity index is 2.04. The smallest absolute Gasteiger partial charge is 0.247 e. The van der Waals surface area contributed by atoms with Gasteiger partial charge in [-0.1, -0.05) is 19.4 Å². The molecule has 146 valence electrons. The fourth-order valence-electron chi connectivity index (χ4n) is 3.61. The number of allylic oxidation sites excluding steroid dienone is 1. The van der Waals surface area contributed by atoms with Crippen LogP contribution in [0, 0.1) is 5.41 Å². The van der Waals surface area contributed by atoms with E-state index < -0.39 is 0 Å². The van der Waals surface area contributed by atoms with Crippen molar-refractivity contribution in [1.29, 1.82) is 0 Å². The second-order valence-electron chi connectivity index (χ2n) is 7.85. The Morgan fingerprint density at radius 3 is 2.20 bits per heavy atom. The first kappa shape index (κ1) is 22.1. The molecule has 1 aliphatic carbocycles. The standard InChI is InChI=1S/C20H40N4O/c1-17-9-6-10-20(2,3)18(17)19(25)24-16-8-15-23-13-5-4-12-22-14-7-11-21/h22-23H,4-16,21H2,1-3H3,(H,24,25). The molecule has 0 aliphatic heterocycles. The lowest BCUT2D eigenvalue weighted by atomic mass is 9.72. The quantitative estimate of drug-likeness (QED) is 0.384. The number of hydrogen-bond acceptors (Lipinski definition) is 4. The van der Waals surface area contributed by atoms with E-state index in [0.29, 0.717) is 0 Å². The van der Waals surface area contributed by atoms with E-state index >= 15 is 0 Å². The molecule has 0 radical (unpaired) electrons. The third-order valence-electron chi connectivity index (χ3n) is 5.01. The highest BCUT2D eigenvalue weighted by molar-refractivity contribution is 5.95. The van der Waals surface area contributed by atoms with Gasteiger partial charge in [0, 0.05) is 12.1 Å². The van der Waals surface area contributed by atoms with Crippen molar-refractivity contribution in [3.8, 4) is 0 Å². The second-order valence-corrected chi connectivity index (χ2v) is 7.85. The summed E-state index contributed by atoms with van der Waals surface area (Å²) in [6.45, 7) is 12.1. The molecule has 5 nitrogen and oxygen atoms in total. The Bertz CT molecular complexity index is 418. The summed E-state index contributed by atoms with van der Waals surface area (Å²) in [7, 11) is 0. The first-order chi connectivity index (χ1) is 12.0. The highest BCUT2D eigenvalue weighted by atomic mass is 16.1. The third kappa shape index (κ3) is 8.84. The van der Waals surface area contributed by atoms with E-state index in [2.05, 4.69) is 36.7 Å². The van der Waals surface area contributed by atoms with Crippen molar-refractivity contribution in [3.05, 3.63) is 11.1 Å². The Morgan fingerprint density at radius 2 is 1.60 bits per heavy atom. The Kier molecular flexibility index (Phi) is 11.0. The van der Waals surface area contributed by atoms with Crippen LogP contribution in [0.3, 0.4) is 0 Å². The minimum Gasteiger partial charge on any atom is -0.352 e. The van der Waals surface area contributed by atoms with Gasteiger partial charge in [0.25, 0.3) is 0 Å². The van der Waals surface area contributed by atoms with E-state index in [1.54, 1.807) is 0 Å². The van der Waals surface area contributed by atoms with Crippen molar-refractivity contribution in [2.45, 2.75) is 65.7 Å². The SMILES string of the molecule is CC1=C(C(=O)NCCCNCCCCNCCCN)C(C)(C)CCC1. The Morgan fingerprint density at radius 1 is 1.00 bits per heavy atom. The van der Waals surface area contributed by atoms with Gasteiger partial charge in [-0.25, -0.2) is 0 Å². The van der Waals surface area contributed by atoms with E-state index in [4.69, 9.17) is 5.73 Å². The van der Waals surface area contributed by atoms with E-state index in [1.807, 2.05) is 0 Å². The van der Waals surface area contributed by atoms with Crippen LogP contribution in [-0.2, 0) is 4.79 Å². The Labute approximate surface area is 154 Å². The summed E-state index contributed by atoms with van der Waals surface area (Å²) in [5.41, 5.74) is 7.76. The number of rotatable bonds is 13. The first-order valence-corrected chi connectivity index (χ1v) is 10.1. The summed E-state index contributed by atoms with van der Waals surface area (Å²) >= 11 is 0. The van der Waals surface area contributed by atoms with Gasteiger partial charge in [-0.2, -0.15) is 0 Å². The van der Waals surface area contributed by atoms with E-state index in [9.17, 15) is 4.79 Å². The molecule has 0 saturated carbocycles. The predicted molar refractivity (Wildman–Crippen MR) is 107 cm³/mol. The second kappa shape index (κ2) is 12.4. The van der Waals surface area contributed by atoms with Gasteiger partial charge in [0.05, 0.1) is 0 Å². The van der Waals surface area contributed by atoms with Crippen LogP contribution in [0.2, 0.25) is 0 Å². The molecular weight excluding hydrogens is 312 g/mol. The van der Waals surface area contributed by atoms with Gasteiger partial charge < -0.3 is 21.7 Å². The zero-order valence-electron chi connectivity index (χ0n) is 16.7. The molecule has 0 heterocycles. The number of carbonyl (C=O) groups is 1. The monoisotopic (exact) mass is 352 g/mol. The summed E-state index contributed by atoms with van der Waals surface area (Å²) in [5, 5.41) is 9.96. The number of nitrogens with two attached hydrogens (primary N) is 1. The molecule has 1 rings (SSSR count). The van der Waals surface area contributed by atoms with Crippen molar-refractivity contribution in [3.63, 3.8) is 0 Å². The van der Waals surface area contributed by atoms with Crippen molar-refractivity contribution in [1.82, 2.24) is 16.0 Å². The topological polar surface area (TPSA) is 79.2 Å². The summed E-state index contributed by atoms with van der Waals surface area (Å²) < 4.78 is 0. The molecule has 0 fully saturated rings. The molecule has 0 aromatic rings. The van der Waals surface area contributed by atoms with Crippen LogP contribution < -0.4 is 21.7 Å². The van der Waals surface area contributed by atoms with Gasteiger partial charge in [0.15, 0.2) is 0 Å². The molecule has 0 aromatic heterocycles. The van der Waals surface area contributed by atoms with Gasteiger partial charge in [-0.05, 0) is 90.0 Å². The van der Waals surface area contributed by atoms with E-state index in [0.717, 1.165) is 70.5 Å². The number of carbonyl (C=O) groups excluding carboxylic acids is 1. The summed E-state index contributed by atoms with van der Waals surface area (Å²) in [6.07, 6.45) is 7.77. The van der Waals surface area contributed by atoms with Crippen molar-refractivity contribution < 1.29 is 4.79 Å². The fraction of sp³-hybridized carbons (Fsp3) is 0.850. The van der Waals surface area contributed by atoms with Crippen LogP contribution in [0.15, 0.2) is 11.1 Å². The van der Waals surface area contributed by atoms with Crippen LogP contribution in [0.5, 0.6) is 0 Å². The van der Waals surface area contributed by atoms with E-state index in [-0.39, 0.29) is 11.3 Å². The maximum absolute atomic E-state index is 12.5. The predicted octanol–water partition coefficient (Wildman–Crippen LogP) is 2.33. The lowest BCUT2D eigenvalue weighted by Gasteiger charge is -2.33. The van der Waals surface area contributed by atoms with Crippen LogP contribution in [0.1, 0.15) is 65.7 Å². The van der Waals surface area contributed by atoms with Gasteiger partial charge in [-0.15, -0.1) is 0 Å². The molecule has 1 amide bonds. The van der Waals surface area contributed by atoms with Crippen LogP contribution in [0.4, 0.5) is 0 Å². The lowest BCUT2D eigenvalue weighted by Crippen LogP contribution is -2.35. The molecule has 0 saturated heterocycles. The first-order valence-electron chi connectivity index (χ1n) is 10.1. The lowest BCUT2D eigenvalue weighted by molar-refractivity contribution is -0.118. The molecule has 25 heavy (non-hydrogen) atoms. The molecule has 0 unspecified atom stereocenters. The number of amides is 1. The van der Waals surface area contributed by atoms with Crippen LogP contribution in [0.25, 0.3) is 0 Å². The van der Waals surface area contributed by atoms with Crippen molar-refractivity contribution in [2.24, 2.45) is 11.1 Å². The molecule has 5 N–H and O–H groups in total. The summed E-state index contributed by atoms with van der Waals surface area (Å²) in [6, 6.07) is 0. The highest BCUT2D eigenvalue weighted by Gasteiger charge is 2.32. The molecule has 0 atom stereocenters. The molecule has 0 aromatic carbocycles. The van der Waals surface area contributed by atoms with E-state index in [1.165, 1.54) is 24.8 Å². The molecular formula is C20H40N4O. The zero-order chi connectivity index (χ0) is 18.5. The summed E-state index contributed by atoms with van der Waals surface area (Å²) in [4.78, 5) is 12.5. The largest absolute Gasteiger partial charge is 0.352 e. The zero-order valence-corrected chi connectivity index (χ0v) is 16.7. The average Bonchev–Trinajstić information content (AvgIpc) is 2.55. The summed E-state index contributed by atoms with van der Waals surface area (Å²) in [5.74, 6) is 0.144. The number of unbranched alkanes of at least 4 members (excludes halogenated alkanes) is 1. The van der Waals surface area contributed by atoms with Crippen LogP contribution >= 0.6 is 0 Å². The number of nitrogens with one attached hydrogen (secondary N) is 3. The fourth-order valence-corrected chi connectivity index (χ4v) is 3.61.